The molecule has 4 nitrogen and oxygen atoms in total. The van der Waals surface area contributed by atoms with E-state index in [1.54, 1.807) is 18.6 Å². The van der Waals surface area contributed by atoms with Crippen LogP contribution in [0.15, 0.2) is 36.8 Å². The number of aromatic nitrogens is 2. The molecule has 0 spiro atoms. The summed E-state index contributed by atoms with van der Waals surface area (Å²) in [5, 5.41) is 0. The monoisotopic (exact) mass is 257 g/mol. The van der Waals surface area contributed by atoms with Crippen molar-refractivity contribution in [2.45, 2.75) is 26.3 Å². The van der Waals surface area contributed by atoms with Crippen LogP contribution in [-0.2, 0) is 6.42 Å². The number of rotatable bonds is 5. The number of nitrogens with two attached hydrogens (primary N) is 1. The molecule has 19 heavy (non-hydrogen) atoms. The summed E-state index contributed by atoms with van der Waals surface area (Å²) in [6.45, 7) is 4.66. The minimum Gasteiger partial charge on any atom is -0.492 e. The van der Waals surface area contributed by atoms with Crippen LogP contribution in [0.3, 0.4) is 0 Å². The molecule has 0 aliphatic heterocycles. The van der Waals surface area contributed by atoms with Crippen molar-refractivity contribution in [1.82, 2.24) is 9.97 Å². The van der Waals surface area contributed by atoms with E-state index in [1.807, 2.05) is 19.1 Å². The third-order valence-corrected chi connectivity index (χ3v) is 3.01. The summed E-state index contributed by atoms with van der Waals surface area (Å²) < 4.78 is 5.45. The van der Waals surface area contributed by atoms with Crippen LogP contribution in [0.2, 0.25) is 0 Å². The van der Waals surface area contributed by atoms with Gasteiger partial charge in [-0.3, -0.25) is 9.97 Å². The summed E-state index contributed by atoms with van der Waals surface area (Å²) >= 11 is 0. The lowest BCUT2D eigenvalue weighted by atomic mass is 10.0. The van der Waals surface area contributed by atoms with Crippen LogP contribution in [0.5, 0.6) is 5.75 Å². The van der Waals surface area contributed by atoms with Crippen molar-refractivity contribution in [2.75, 3.05) is 6.61 Å². The van der Waals surface area contributed by atoms with Crippen LogP contribution in [0.4, 0.5) is 0 Å². The van der Waals surface area contributed by atoms with Crippen molar-refractivity contribution in [3.63, 3.8) is 0 Å². The third-order valence-electron chi connectivity index (χ3n) is 3.01. The van der Waals surface area contributed by atoms with E-state index < -0.39 is 0 Å². The van der Waals surface area contributed by atoms with Crippen LogP contribution in [0, 0.1) is 0 Å². The van der Waals surface area contributed by atoms with E-state index in [9.17, 15) is 0 Å². The Hall–Kier alpha value is -1.94. The molecular formula is C15H19N3O. The molecule has 0 saturated heterocycles. The lowest BCUT2D eigenvalue weighted by molar-refractivity contribution is 0.338. The van der Waals surface area contributed by atoms with Crippen LogP contribution in [0.25, 0.3) is 0 Å². The van der Waals surface area contributed by atoms with Gasteiger partial charge >= 0.3 is 0 Å². The Balaban J connectivity index is 2.32. The van der Waals surface area contributed by atoms with Gasteiger partial charge in [0.2, 0.25) is 0 Å². The van der Waals surface area contributed by atoms with E-state index in [2.05, 4.69) is 23.0 Å². The van der Waals surface area contributed by atoms with E-state index in [1.165, 1.54) is 0 Å². The highest BCUT2D eigenvalue weighted by Crippen LogP contribution is 2.23. The van der Waals surface area contributed by atoms with Gasteiger partial charge in [0, 0.05) is 12.4 Å². The number of hydrogen-bond acceptors (Lipinski definition) is 4. The van der Waals surface area contributed by atoms with Crippen LogP contribution in [-0.4, -0.2) is 16.6 Å². The average Bonchev–Trinajstić information content (AvgIpc) is 2.47. The van der Waals surface area contributed by atoms with Gasteiger partial charge in [0.05, 0.1) is 24.5 Å². The number of aryl methyl sites for hydroxylation is 1. The SMILES string of the molecule is CCOc1cncc(C(N)c2ncccc2CC)c1. The summed E-state index contributed by atoms with van der Waals surface area (Å²) in [5.74, 6) is 0.740. The molecule has 0 saturated carbocycles. The average molecular weight is 257 g/mol. The maximum absolute atomic E-state index is 6.30. The van der Waals surface area contributed by atoms with E-state index in [0.717, 1.165) is 29.0 Å². The van der Waals surface area contributed by atoms with Crippen LogP contribution >= 0.6 is 0 Å². The largest absolute Gasteiger partial charge is 0.492 e. The molecule has 0 fully saturated rings. The fourth-order valence-electron chi connectivity index (χ4n) is 2.04. The van der Waals surface area contributed by atoms with Gasteiger partial charge in [-0.1, -0.05) is 13.0 Å². The molecule has 0 radical (unpaired) electrons. The van der Waals surface area contributed by atoms with E-state index in [0.29, 0.717) is 6.61 Å². The zero-order valence-corrected chi connectivity index (χ0v) is 11.3. The number of pyridine rings is 2. The summed E-state index contributed by atoms with van der Waals surface area (Å²) in [5.41, 5.74) is 9.28. The molecule has 0 aliphatic rings. The molecule has 1 atom stereocenters. The smallest absolute Gasteiger partial charge is 0.137 e. The first-order valence-corrected chi connectivity index (χ1v) is 6.53. The predicted octanol–water partition coefficient (Wildman–Crippen LogP) is 2.49. The first kappa shape index (κ1) is 13.5. The van der Waals surface area contributed by atoms with Gasteiger partial charge in [-0.15, -0.1) is 0 Å². The highest BCUT2D eigenvalue weighted by molar-refractivity contribution is 5.34. The second-order valence-electron chi connectivity index (χ2n) is 4.27. The fraction of sp³-hybridized carbons (Fsp3) is 0.333. The van der Waals surface area contributed by atoms with E-state index in [-0.39, 0.29) is 6.04 Å². The molecule has 2 N–H and O–H groups in total. The predicted molar refractivity (Wildman–Crippen MR) is 75.1 cm³/mol. The van der Waals surface area contributed by atoms with Crippen molar-refractivity contribution >= 4 is 0 Å². The normalized spacial score (nSPS) is 12.2. The Morgan fingerprint density at radius 1 is 1.32 bits per heavy atom. The third kappa shape index (κ3) is 3.09. The van der Waals surface area contributed by atoms with Gasteiger partial charge in [-0.2, -0.15) is 0 Å². The van der Waals surface area contributed by atoms with Crippen LogP contribution < -0.4 is 10.5 Å². The Kier molecular flexibility index (Phi) is 4.47. The summed E-state index contributed by atoms with van der Waals surface area (Å²) in [6.07, 6.45) is 6.14. The van der Waals surface area contributed by atoms with Gasteiger partial charge < -0.3 is 10.5 Å². The summed E-state index contributed by atoms with van der Waals surface area (Å²) in [4.78, 5) is 8.58. The zero-order chi connectivity index (χ0) is 13.7. The maximum atomic E-state index is 6.30. The first-order valence-electron chi connectivity index (χ1n) is 6.53. The molecule has 4 heteroatoms. The molecule has 100 valence electrons. The van der Waals surface area contributed by atoms with Gasteiger partial charge in [0.25, 0.3) is 0 Å². The van der Waals surface area contributed by atoms with Crippen molar-refractivity contribution in [3.8, 4) is 5.75 Å². The Morgan fingerprint density at radius 2 is 2.16 bits per heavy atom. The Morgan fingerprint density at radius 3 is 2.89 bits per heavy atom. The highest BCUT2D eigenvalue weighted by atomic mass is 16.5. The van der Waals surface area contributed by atoms with Crippen molar-refractivity contribution in [2.24, 2.45) is 5.73 Å². The molecule has 2 rings (SSSR count). The minimum absolute atomic E-state index is 0.274. The lowest BCUT2D eigenvalue weighted by Gasteiger charge is -2.15. The zero-order valence-electron chi connectivity index (χ0n) is 11.3. The standard InChI is InChI=1S/C15H19N3O/c1-3-11-6-5-7-18-15(11)14(16)12-8-13(19-4-2)10-17-9-12/h5-10,14H,3-4,16H2,1-2H3. The van der Waals surface area contributed by atoms with Crippen molar-refractivity contribution in [3.05, 3.63) is 53.6 Å². The molecule has 0 amide bonds. The van der Waals surface area contributed by atoms with Crippen molar-refractivity contribution in [1.29, 1.82) is 0 Å². The number of ether oxygens (including phenoxy) is 1. The first-order chi connectivity index (χ1) is 9.26. The molecule has 0 aliphatic carbocycles. The Bertz CT molecular complexity index is 542. The Labute approximate surface area is 113 Å². The molecule has 0 aromatic carbocycles. The quantitative estimate of drug-likeness (QED) is 0.894. The van der Waals surface area contributed by atoms with Gasteiger partial charge in [-0.05, 0) is 36.6 Å². The molecule has 0 bridgehead atoms. The van der Waals surface area contributed by atoms with Crippen LogP contribution in [0.1, 0.15) is 36.7 Å². The van der Waals surface area contributed by atoms with Gasteiger partial charge in [0.1, 0.15) is 5.75 Å². The molecule has 2 heterocycles. The minimum atomic E-state index is -0.274. The van der Waals surface area contributed by atoms with Crippen molar-refractivity contribution < 1.29 is 4.74 Å². The molecule has 2 aromatic rings. The number of hydrogen-bond donors (Lipinski definition) is 1. The topological polar surface area (TPSA) is 61.0 Å². The molecule has 2 aromatic heterocycles. The highest BCUT2D eigenvalue weighted by Gasteiger charge is 2.14. The summed E-state index contributed by atoms with van der Waals surface area (Å²) in [7, 11) is 0. The fourth-order valence-corrected chi connectivity index (χ4v) is 2.04. The maximum Gasteiger partial charge on any atom is 0.137 e. The van der Waals surface area contributed by atoms with Gasteiger partial charge in [-0.25, -0.2) is 0 Å². The van der Waals surface area contributed by atoms with Gasteiger partial charge in [0.15, 0.2) is 0 Å². The van der Waals surface area contributed by atoms with E-state index in [4.69, 9.17) is 10.5 Å². The molecular weight excluding hydrogens is 238 g/mol. The summed E-state index contributed by atoms with van der Waals surface area (Å²) in [6, 6.07) is 5.64. The lowest BCUT2D eigenvalue weighted by Crippen LogP contribution is -2.16. The molecule has 1 unspecified atom stereocenters. The van der Waals surface area contributed by atoms with E-state index >= 15 is 0 Å². The second kappa shape index (κ2) is 6.29. The second-order valence-corrected chi connectivity index (χ2v) is 4.27. The number of nitrogens with zero attached hydrogens (tertiary/aromatic N) is 2.